The van der Waals surface area contributed by atoms with Gasteiger partial charge in [0, 0.05) is 12.7 Å². The molecule has 0 amide bonds. The predicted molar refractivity (Wildman–Crippen MR) is 100 cm³/mol. The van der Waals surface area contributed by atoms with Crippen LogP contribution >= 0.6 is 0 Å². The molecule has 1 N–H and O–H groups in total. The molecule has 1 saturated heterocycles. The van der Waals surface area contributed by atoms with Gasteiger partial charge in [-0.1, -0.05) is 18.2 Å². The van der Waals surface area contributed by atoms with Gasteiger partial charge in [0.1, 0.15) is 12.4 Å². The van der Waals surface area contributed by atoms with Crippen molar-refractivity contribution in [2.24, 2.45) is 5.92 Å². The Balaban J connectivity index is 1.61. The molecule has 1 aromatic carbocycles. The fourth-order valence-corrected chi connectivity index (χ4v) is 3.58. The first-order chi connectivity index (χ1) is 12.5. The highest BCUT2D eigenvalue weighted by atomic mass is 16.5. The summed E-state index contributed by atoms with van der Waals surface area (Å²) in [7, 11) is 0. The fourth-order valence-electron chi connectivity index (χ4n) is 3.58. The maximum absolute atomic E-state index is 11.1. The Morgan fingerprint density at radius 2 is 1.92 bits per heavy atom. The van der Waals surface area contributed by atoms with Crippen LogP contribution in [0.5, 0.6) is 5.75 Å². The van der Waals surface area contributed by atoms with E-state index in [1.807, 2.05) is 18.2 Å². The van der Waals surface area contributed by atoms with Gasteiger partial charge in [-0.15, -0.1) is 0 Å². The second-order valence-corrected chi connectivity index (χ2v) is 7.06. The number of likely N-dealkylation sites (tertiary alicyclic amines) is 1. The van der Waals surface area contributed by atoms with Crippen LogP contribution in [-0.2, 0) is 17.9 Å². The molecule has 0 aliphatic carbocycles. The third-order valence-corrected chi connectivity index (χ3v) is 4.95. The lowest BCUT2D eigenvalue weighted by Gasteiger charge is -2.30. The molecule has 2 heterocycles. The molecule has 5 heteroatoms. The maximum atomic E-state index is 11.1. The van der Waals surface area contributed by atoms with Crippen LogP contribution in [0.15, 0.2) is 36.5 Å². The maximum Gasteiger partial charge on any atom is 0.306 e. The SMILES string of the molecule is Cc1cc(CN2CCC(C(=O)O)CC2)cc(C)c1OCc1ccccn1. The summed E-state index contributed by atoms with van der Waals surface area (Å²) in [6, 6.07) is 10.2. The van der Waals surface area contributed by atoms with E-state index in [1.165, 1.54) is 5.56 Å². The Kier molecular flexibility index (Phi) is 5.89. The topological polar surface area (TPSA) is 62.7 Å². The lowest BCUT2D eigenvalue weighted by Crippen LogP contribution is -2.35. The molecular formula is C21H26N2O3. The molecule has 26 heavy (non-hydrogen) atoms. The summed E-state index contributed by atoms with van der Waals surface area (Å²) < 4.78 is 6.00. The molecule has 1 aliphatic rings. The zero-order chi connectivity index (χ0) is 18.5. The van der Waals surface area contributed by atoms with Crippen LogP contribution < -0.4 is 4.74 Å². The average molecular weight is 354 g/mol. The van der Waals surface area contributed by atoms with Gasteiger partial charge in [-0.05, 0) is 68.6 Å². The van der Waals surface area contributed by atoms with E-state index in [2.05, 4.69) is 35.9 Å². The molecule has 0 unspecified atom stereocenters. The summed E-state index contributed by atoms with van der Waals surface area (Å²) in [5.41, 5.74) is 4.41. The van der Waals surface area contributed by atoms with Crippen LogP contribution in [0, 0.1) is 19.8 Å². The highest BCUT2D eigenvalue weighted by molar-refractivity contribution is 5.70. The molecule has 1 aromatic heterocycles. The van der Waals surface area contributed by atoms with E-state index >= 15 is 0 Å². The first kappa shape index (κ1) is 18.4. The second-order valence-electron chi connectivity index (χ2n) is 7.06. The van der Waals surface area contributed by atoms with E-state index < -0.39 is 5.97 Å². The van der Waals surface area contributed by atoms with E-state index in [4.69, 9.17) is 9.84 Å². The second kappa shape index (κ2) is 8.32. The van der Waals surface area contributed by atoms with Crippen LogP contribution in [-0.4, -0.2) is 34.0 Å². The van der Waals surface area contributed by atoms with Crippen LogP contribution in [0.25, 0.3) is 0 Å². The molecular weight excluding hydrogens is 328 g/mol. The summed E-state index contributed by atoms with van der Waals surface area (Å²) in [4.78, 5) is 17.7. The number of piperidine rings is 1. The monoisotopic (exact) mass is 354 g/mol. The first-order valence-corrected chi connectivity index (χ1v) is 9.11. The van der Waals surface area contributed by atoms with Gasteiger partial charge in [0.15, 0.2) is 0 Å². The standard InChI is InChI=1S/C21H26N2O3/c1-15-11-17(13-23-9-6-18(7-10-23)21(24)25)12-16(2)20(15)26-14-19-5-3-4-8-22-19/h3-5,8,11-12,18H,6-7,9-10,13-14H2,1-2H3,(H,24,25). The number of nitrogens with zero attached hydrogens (tertiary/aromatic N) is 2. The van der Waals surface area contributed by atoms with E-state index in [9.17, 15) is 4.79 Å². The molecule has 1 fully saturated rings. The minimum Gasteiger partial charge on any atom is -0.487 e. The average Bonchev–Trinajstić information content (AvgIpc) is 2.62. The normalized spacial score (nSPS) is 15.8. The van der Waals surface area contributed by atoms with Crippen molar-refractivity contribution in [2.45, 2.75) is 39.8 Å². The Labute approximate surface area is 154 Å². The number of aryl methyl sites for hydroxylation is 2. The van der Waals surface area contributed by atoms with Gasteiger partial charge in [0.25, 0.3) is 0 Å². The van der Waals surface area contributed by atoms with Crippen molar-refractivity contribution >= 4 is 5.97 Å². The van der Waals surface area contributed by atoms with Gasteiger partial charge in [-0.2, -0.15) is 0 Å². The summed E-state index contributed by atoms with van der Waals surface area (Å²) in [6.07, 6.45) is 3.24. The number of carboxylic acid groups (broad SMARTS) is 1. The highest BCUT2D eigenvalue weighted by Gasteiger charge is 2.24. The molecule has 0 saturated carbocycles. The van der Waals surface area contributed by atoms with Crippen molar-refractivity contribution < 1.29 is 14.6 Å². The molecule has 2 aromatic rings. The summed E-state index contributed by atoms with van der Waals surface area (Å²) in [6.45, 7) is 7.14. The number of pyridine rings is 1. The number of carboxylic acids is 1. The molecule has 5 nitrogen and oxygen atoms in total. The fraction of sp³-hybridized carbons (Fsp3) is 0.429. The van der Waals surface area contributed by atoms with Crippen molar-refractivity contribution in [2.75, 3.05) is 13.1 Å². The van der Waals surface area contributed by atoms with Crippen LogP contribution in [0.2, 0.25) is 0 Å². The zero-order valence-electron chi connectivity index (χ0n) is 15.4. The smallest absolute Gasteiger partial charge is 0.306 e. The number of ether oxygens (including phenoxy) is 1. The Morgan fingerprint density at radius 1 is 1.23 bits per heavy atom. The van der Waals surface area contributed by atoms with Crippen molar-refractivity contribution in [3.05, 3.63) is 58.9 Å². The summed E-state index contributed by atoms with van der Waals surface area (Å²) in [5, 5.41) is 9.11. The van der Waals surface area contributed by atoms with Crippen molar-refractivity contribution in [1.29, 1.82) is 0 Å². The van der Waals surface area contributed by atoms with Crippen molar-refractivity contribution in [3.8, 4) is 5.75 Å². The number of hydrogen-bond donors (Lipinski definition) is 1. The van der Waals surface area contributed by atoms with E-state index in [0.717, 1.165) is 55.0 Å². The molecule has 0 bridgehead atoms. The number of aromatic nitrogens is 1. The van der Waals surface area contributed by atoms with Crippen LogP contribution in [0.4, 0.5) is 0 Å². The molecule has 138 valence electrons. The van der Waals surface area contributed by atoms with Gasteiger partial charge in [0.2, 0.25) is 0 Å². The number of rotatable bonds is 6. The van der Waals surface area contributed by atoms with Crippen molar-refractivity contribution in [3.63, 3.8) is 0 Å². The largest absolute Gasteiger partial charge is 0.487 e. The molecule has 0 radical (unpaired) electrons. The van der Waals surface area contributed by atoms with Crippen LogP contribution in [0.3, 0.4) is 0 Å². The van der Waals surface area contributed by atoms with Gasteiger partial charge in [-0.25, -0.2) is 0 Å². The third kappa shape index (κ3) is 4.61. The Bertz CT molecular complexity index is 730. The van der Waals surface area contributed by atoms with E-state index in [-0.39, 0.29) is 5.92 Å². The predicted octanol–water partition coefficient (Wildman–Crippen LogP) is 3.57. The molecule has 1 aliphatic heterocycles. The molecule has 3 rings (SSSR count). The van der Waals surface area contributed by atoms with Gasteiger partial charge in [-0.3, -0.25) is 14.7 Å². The molecule has 0 atom stereocenters. The third-order valence-electron chi connectivity index (χ3n) is 4.95. The van der Waals surface area contributed by atoms with Gasteiger partial charge < -0.3 is 9.84 Å². The first-order valence-electron chi connectivity index (χ1n) is 9.11. The highest BCUT2D eigenvalue weighted by Crippen LogP contribution is 2.27. The lowest BCUT2D eigenvalue weighted by molar-refractivity contribution is -0.143. The zero-order valence-corrected chi connectivity index (χ0v) is 15.4. The minimum atomic E-state index is -0.661. The number of hydrogen-bond acceptors (Lipinski definition) is 4. The number of benzene rings is 1. The lowest BCUT2D eigenvalue weighted by atomic mass is 9.96. The van der Waals surface area contributed by atoms with E-state index in [0.29, 0.717) is 6.61 Å². The molecule has 0 spiro atoms. The number of aliphatic carboxylic acids is 1. The Hall–Kier alpha value is -2.40. The van der Waals surface area contributed by atoms with Crippen LogP contribution in [0.1, 0.15) is 35.2 Å². The van der Waals surface area contributed by atoms with Gasteiger partial charge >= 0.3 is 5.97 Å². The van der Waals surface area contributed by atoms with Crippen molar-refractivity contribution in [1.82, 2.24) is 9.88 Å². The number of carbonyl (C=O) groups is 1. The van der Waals surface area contributed by atoms with Gasteiger partial charge in [0.05, 0.1) is 11.6 Å². The minimum absolute atomic E-state index is 0.183. The summed E-state index contributed by atoms with van der Waals surface area (Å²) in [5.74, 6) is 0.0758. The quantitative estimate of drug-likeness (QED) is 0.859. The van der Waals surface area contributed by atoms with E-state index in [1.54, 1.807) is 6.20 Å². The Morgan fingerprint density at radius 3 is 2.50 bits per heavy atom. The summed E-state index contributed by atoms with van der Waals surface area (Å²) >= 11 is 0.